The maximum absolute atomic E-state index is 6.23. The first-order chi connectivity index (χ1) is 11.2. The van der Waals surface area contributed by atoms with E-state index in [4.69, 9.17) is 16.7 Å². The normalized spacial score (nSPS) is 16.2. The highest BCUT2D eigenvalue weighted by molar-refractivity contribution is 6.31. The number of nitrogens with zero attached hydrogens (tertiary/aromatic N) is 4. The molecule has 4 nitrogen and oxygen atoms in total. The first-order valence-corrected chi connectivity index (χ1v) is 8.27. The monoisotopic (exact) mass is 326 g/mol. The molecule has 1 fully saturated rings. The van der Waals surface area contributed by atoms with E-state index in [0.29, 0.717) is 0 Å². The van der Waals surface area contributed by atoms with Crippen LogP contribution in [0.1, 0.15) is 0 Å². The number of para-hydroxylation sites is 1. The van der Waals surface area contributed by atoms with E-state index in [2.05, 4.69) is 35.0 Å². The van der Waals surface area contributed by atoms with Gasteiger partial charge in [-0.2, -0.15) is 0 Å². The Hall–Kier alpha value is -2.04. The molecule has 118 valence electrons. The van der Waals surface area contributed by atoms with E-state index in [0.717, 1.165) is 53.6 Å². The first-order valence-electron chi connectivity index (χ1n) is 7.89. The molecule has 0 N–H and O–H groups in total. The van der Waals surface area contributed by atoms with E-state index in [-0.39, 0.29) is 0 Å². The van der Waals surface area contributed by atoms with Gasteiger partial charge in [-0.25, -0.2) is 4.68 Å². The van der Waals surface area contributed by atoms with Gasteiger partial charge < -0.3 is 9.80 Å². The topological polar surface area (TPSA) is 24.3 Å². The number of likely N-dealkylation sites (N-methyl/N-ethyl adjacent to an activating group) is 1. The third-order valence-corrected chi connectivity index (χ3v) is 4.66. The SMILES string of the molecule is CN1CCN(c2nn(-c3ccccc3)c3cc(Cl)ccc23)CC1. The zero-order chi connectivity index (χ0) is 15.8. The highest BCUT2D eigenvalue weighted by Gasteiger charge is 2.21. The summed E-state index contributed by atoms with van der Waals surface area (Å²) < 4.78 is 1.99. The molecule has 0 amide bonds. The third-order valence-electron chi connectivity index (χ3n) is 4.43. The van der Waals surface area contributed by atoms with Gasteiger partial charge in [0, 0.05) is 36.6 Å². The van der Waals surface area contributed by atoms with Crippen LogP contribution in [0.5, 0.6) is 0 Å². The molecule has 3 aromatic rings. The second-order valence-corrected chi connectivity index (χ2v) is 6.46. The number of halogens is 1. The van der Waals surface area contributed by atoms with Crippen LogP contribution in [0.25, 0.3) is 16.6 Å². The van der Waals surface area contributed by atoms with Gasteiger partial charge in [0.2, 0.25) is 0 Å². The maximum atomic E-state index is 6.23. The molecule has 5 heteroatoms. The van der Waals surface area contributed by atoms with Crippen LogP contribution in [-0.4, -0.2) is 47.9 Å². The summed E-state index contributed by atoms with van der Waals surface area (Å²) in [6, 6.07) is 16.2. The lowest BCUT2D eigenvalue weighted by molar-refractivity contribution is 0.312. The van der Waals surface area contributed by atoms with Gasteiger partial charge >= 0.3 is 0 Å². The quantitative estimate of drug-likeness (QED) is 0.721. The van der Waals surface area contributed by atoms with Crippen LogP contribution in [0.3, 0.4) is 0 Å². The average molecular weight is 327 g/mol. The standard InChI is InChI=1S/C18H19ClN4/c1-21-9-11-22(12-10-21)18-16-8-7-14(19)13-17(16)23(20-18)15-5-3-2-4-6-15/h2-8,13H,9-12H2,1H3. The summed E-state index contributed by atoms with van der Waals surface area (Å²) in [6.45, 7) is 4.13. The van der Waals surface area contributed by atoms with Crippen molar-refractivity contribution in [2.24, 2.45) is 0 Å². The Labute approximate surface area is 140 Å². The fourth-order valence-corrected chi connectivity index (χ4v) is 3.26. The summed E-state index contributed by atoms with van der Waals surface area (Å²) in [4.78, 5) is 4.72. The van der Waals surface area contributed by atoms with Crippen LogP contribution in [0.4, 0.5) is 5.82 Å². The Balaban J connectivity index is 1.86. The molecule has 0 saturated carbocycles. The van der Waals surface area contributed by atoms with Crippen molar-refractivity contribution in [2.75, 3.05) is 38.1 Å². The zero-order valence-electron chi connectivity index (χ0n) is 13.1. The van der Waals surface area contributed by atoms with E-state index in [1.165, 1.54) is 0 Å². The smallest absolute Gasteiger partial charge is 0.159 e. The molecular weight excluding hydrogens is 308 g/mol. The van der Waals surface area contributed by atoms with Crippen molar-refractivity contribution in [1.82, 2.24) is 14.7 Å². The molecule has 1 saturated heterocycles. The molecule has 2 heterocycles. The van der Waals surface area contributed by atoms with Gasteiger partial charge in [-0.1, -0.05) is 29.8 Å². The molecule has 2 aromatic carbocycles. The van der Waals surface area contributed by atoms with E-state index in [1.54, 1.807) is 0 Å². The minimum Gasteiger partial charge on any atom is -0.352 e. The van der Waals surface area contributed by atoms with Crippen LogP contribution in [0.2, 0.25) is 5.02 Å². The Morgan fingerprint density at radius 3 is 2.43 bits per heavy atom. The van der Waals surface area contributed by atoms with Crippen LogP contribution < -0.4 is 4.90 Å². The van der Waals surface area contributed by atoms with E-state index >= 15 is 0 Å². The predicted molar refractivity (Wildman–Crippen MR) is 95.8 cm³/mol. The van der Waals surface area contributed by atoms with Gasteiger partial charge in [0.25, 0.3) is 0 Å². The molecule has 1 aliphatic rings. The van der Waals surface area contributed by atoms with Crippen LogP contribution in [0.15, 0.2) is 48.5 Å². The van der Waals surface area contributed by atoms with E-state index < -0.39 is 0 Å². The molecule has 0 aliphatic carbocycles. The number of anilines is 1. The predicted octanol–water partition coefficient (Wildman–Crippen LogP) is 3.43. The van der Waals surface area contributed by atoms with Crippen molar-refractivity contribution < 1.29 is 0 Å². The highest BCUT2D eigenvalue weighted by Crippen LogP contribution is 2.31. The number of hydrogen-bond acceptors (Lipinski definition) is 3. The van der Waals surface area contributed by atoms with Crippen molar-refractivity contribution in [1.29, 1.82) is 0 Å². The fourth-order valence-electron chi connectivity index (χ4n) is 3.09. The molecule has 0 spiro atoms. The minimum atomic E-state index is 0.736. The molecule has 0 radical (unpaired) electrons. The van der Waals surface area contributed by atoms with Crippen molar-refractivity contribution in [2.45, 2.75) is 0 Å². The second kappa shape index (κ2) is 5.87. The van der Waals surface area contributed by atoms with Gasteiger partial charge in [0.05, 0.1) is 11.2 Å². The number of rotatable bonds is 2. The molecule has 1 aromatic heterocycles. The maximum Gasteiger partial charge on any atom is 0.159 e. The van der Waals surface area contributed by atoms with Crippen LogP contribution >= 0.6 is 11.6 Å². The summed E-state index contributed by atoms with van der Waals surface area (Å²) in [7, 11) is 2.16. The fraction of sp³-hybridized carbons (Fsp3) is 0.278. The summed E-state index contributed by atoms with van der Waals surface area (Å²) in [6.07, 6.45) is 0. The number of benzene rings is 2. The lowest BCUT2D eigenvalue weighted by atomic mass is 10.2. The van der Waals surface area contributed by atoms with Gasteiger partial charge in [0.15, 0.2) is 5.82 Å². The van der Waals surface area contributed by atoms with Gasteiger partial charge in [0.1, 0.15) is 0 Å². The van der Waals surface area contributed by atoms with Crippen molar-refractivity contribution in [3.8, 4) is 5.69 Å². The number of fused-ring (bicyclic) bond motifs is 1. The highest BCUT2D eigenvalue weighted by atomic mass is 35.5. The molecule has 0 unspecified atom stereocenters. The molecule has 1 aliphatic heterocycles. The summed E-state index contributed by atoms with van der Waals surface area (Å²) in [5, 5.41) is 6.81. The Morgan fingerprint density at radius 2 is 1.70 bits per heavy atom. The summed E-state index contributed by atoms with van der Waals surface area (Å²) >= 11 is 6.23. The molecule has 4 rings (SSSR count). The number of hydrogen-bond donors (Lipinski definition) is 0. The van der Waals surface area contributed by atoms with Crippen molar-refractivity contribution >= 4 is 28.3 Å². The molecule has 0 bridgehead atoms. The van der Waals surface area contributed by atoms with E-state index in [1.807, 2.05) is 35.0 Å². The Bertz CT molecular complexity index is 820. The van der Waals surface area contributed by atoms with Gasteiger partial charge in [-0.3, -0.25) is 0 Å². The summed E-state index contributed by atoms with van der Waals surface area (Å²) in [5.41, 5.74) is 2.11. The van der Waals surface area contributed by atoms with Crippen molar-refractivity contribution in [3.63, 3.8) is 0 Å². The van der Waals surface area contributed by atoms with Gasteiger partial charge in [-0.15, -0.1) is 5.10 Å². The average Bonchev–Trinajstić information content (AvgIpc) is 2.95. The third kappa shape index (κ3) is 2.69. The Morgan fingerprint density at radius 1 is 0.957 bits per heavy atom. The lowest BCUT2D eigenvalue weighted by Crippen LogP contribution is -2.44. The van der Waals surface area contributed by atoms with Gasteiger partial charge in [-0.05, 0) is 37.4 Å². The summed E-state index contributed by atoms with van der Waals surface area (Å²) in [5.74, 6) is 1.05. The molecule has 23 heavy (non-hydrogen) atoms. The molecular formula is C18H19ClN4. The Kier molecular flexibility index (Phi) is 3.71. The van der Waals surface area contributed by atoms with Crippen LogP contribution in [0, 0.1) is 0 Å². The van der Waals surface area contributed by atoms with E-state index in [9.17, 15) is 0 Å². The first kappa shape index (κ1) is 14.5. The van der Waals surface area contributed by atoms with Crippen LogP contribution in [-0.2, 0) is 0 Å². The van der Waals surface area contributed by atoms with Crippen molar-refractivity contribution in [3.05, 3.63) is 53.6 Å². The zero-order valence-corrected chi connectivity index (χ0v) is 13.9. The largest absolute Gasteiger partial charge is 0.352 e. The molecule has 0 atom stereocenters. The minimum absolute atomic E-state index is 0.736. The second-order valence-electron chi connectivity index (χ2n) is 6.02. The lowest BCUT2D eigenvalue weighted by Gasteiger charge is -2.32. The number of piperazine rings is 1. The number of aromatic nitrogens is 2.